The number of benzene rings is 3. The van der Waals surface area contributed by atoms with Gasteiger partial charge in [-0.15, -0.1) is 0 Å². The molecule has 2 N–H and O–H groups in total. The second-order valence-corrected chi connectivity index (χ2v) is 11.2. The number of nitrogens with zero attached hydrogens (tertiary/aromatic N) is 3. The number of hydrogen-bond acceptors (Lipinski definition) is 4. The Morgan fingerprint density at radius 2 is 1.74 bits per heavy atom. The molecule has 0 spiro atoms. The van der Waals surface area contributed by atoms with Gasteiger partial charge < -0.3 is 10.3 Å². The Hall–Kier alpha value is -4.51. The zero-order valence-corrected chi connectivity index (χ0v) is 22.8. The number of amides is 1. The van der Waals surface area contributed by atoms with Crippen molar-refractivity contribution in [1.29, 1.82) is 0 Å². The van der Waals surface area contributed by atoms with E-state index in [1.165, 1.54) is 30.5 Å². The fourth-order valence-electron chi connectivity index (χ4n) is 5.75. The summed E-state index contributed by atoms with van der Waals surface area (Å²) in [7, 11) is 0. The number of fused-ring (bicyclic) bond motifs is 2. The van der Waals surface area contributed by atoms with Crippen LogP contribution in [0, 0.1) is 11.7 Å². The van der Waals surface area contributed by atoms with E-state index in [0.29, 0.717) is 36.7 Å². The van der Waals surface area contributed by atoms with Crippen LogP contribution < -0.4 is 10.9 Å². The van der Waals surface area contributed by atoms with Crippen molar-refractivity contribution in [2.45, 2.75) is 25.6 Å². The molecule has 0 radical (unpaired) electrons. The minimum Gasteiger partial charge on any atom is -0.338 e. The van der Waals surface area contributed by atoms with Crippen molar-refractivity contribution in [3.8, 4) is 11.3 Å². The quantitative estimate of drug-likeness (QED) is 0.258. The molecule has 42 heavy (non-hydrogen) atoms. The van der Waals surface area contributed by atoms with Crippen LogP contribution in [-0.2, 0) is 11.7 Å². The molecule has 0 unspecified atom stereocenters. The largest absolute Gasteiger partial charge is 0.421 e. The Bertz CT molecular complexity index is 1870. The van der Waals surface area contributed by atoms with E-state index >= 15 is 0 Å². The molecule has 0 bridgehead atoms. The summed E-state index contributed by atoms with van der Waals surface area (Å²) < 4.78 is 57.7. The van der Waals surface area contributed by atoms with Gasteiger partial charge in [-0.1, -0.05) is 62.4 Å². The zero-order valence-electron chi connectivity index (χ0n) is 22.8. The highest BCUT2D eigenvalue weighted by Crippen LogP contribution is 2.37. The molecule has 1 amide bonds. The predicted octanol–water partition coefficient (Wildman–Crippen LogP) is 5.60. The summed E-state index contributed by atoms with van der Waals surface area (Å²) in [6, 6.07) is 18.4. The zero-order chi connectivity index (χ0) is 29.8. The lowest BCUT2D eigenvalue weighted by molar-refractivity contribution is -0.136. The summed E-state index contributed by atoms with van der Waals surface area (Å²) in [6.45, 7) is 5.43. The normalized spacial score (nSPS) is 15.3. The topological polar surface area (TPSA) is 82.5 Å². The summed E-state index contributed by atoms with van der Waals surface area (Å²) in [5, 5.41) is 8.59. The third-order valence-electron chi connectivity index (χ3n) is 7.54. The second kappa shape index (κ2) is 10.1. The molecule has 11 heteroatoms. The van der Waals surface area contributed by atoms with Crippen LogP contribution in [0.2, 0.25) is 0 Å². The van der Waals surface area contributed by atoms with E-state index < -0.39 is 45.8 Å². The number of likely N-dealkylation sites (tertiary alicyclic amines) is 1. The van der Waals surface area contributed by atoms with Crippen LogP contribution in [0.25, 0.3) is 27.5 Å². The second-order valence-electron chi connectivity index (χ2n) is 11.2. The highest BCUT2D eigenvalue weighted by Gasteiger charge is 2.48. The third-order valence-corrected chi connectivity index (χ3v) is 7.54. The van der Waals surface area contributed by atoms with Gasteiger partial charge in [-0.25, -0.2) is 8.91 Å². The van der Waals surface area contributed by atoms with Crippen molar-refractivity contribution in [3.63, 3.8) is 0 Å². The lowest BCUT2D eigenvalue weighted by Crippen LogP contribution is -2.68. The number of nitrogens with one attached hydrogen (secondary N) is 2. The molecule has 0 atom stereocenters. The Balaban J connectivity index is 1.42. The minimum atomic E-state index is -5.04. The van der Waals surface area contributed by atoms with E-state index in [0.717, 1.165) is 15.3 Å². The molecular weight excluding hydrogens is 550 g/mol. The lowest BCUT2D eigenvalue weighted by Gasteiger charge is -2.51. The minimum absolute atomic E-state index is 0.243. The maximum Gasteiger partial charge on any atom is 0.421 e. The van der Waals surface area contributed by atoms with E-state index in [2.05, 4.69) is 20.3 Å². The van der Waals surface area contributed by atoms with Crippen LogP contribution in [0.1, 0.15) is 35.5 Å². The van der Waals surface area contributed by atoms with Crippen LogP contribution in [-0.4, -0.2) is 45.0 Å². The number of carbonyl (C=O) groups excluding carboxylic acids is 1. The first-order valence-corrected chi connectivity index (χ1v) is 13.5. The van der Waals surface area contributed by atoms with Gasteiger partial charge in [0.1, 0.15) is 16.9 Å². The highest BCUT2D eigenvalue weighted by atomic mass is 19.4. The number of hydrogen-bond donors (Lipinski definition) is 2. The first-order chi connectivity index (χ1) is 19.9. The number of halogens is 4. The SMILES string of the molecule is CC(C)CN1CC(NC(=O)c2nn3cc(-c4ccc5ccccc5c4)[nH]c(=O)c3c2C(F)(F)F)(c2ccc(F)cc2)C1. The Morgan fingerprint density at radius 1 is 1.05 bits per heavy atom. The summed E-state index contributed by atoms with van der Waals surface area (Å²) in [6.07, 6.45) is -3.77. The molecule has 5 aromatic rings. The molecule has 1 aliphatic rings. The van der Waals surface area contributed by atoms with Crippen LogP contribution in [0.3, 0.4) is 0 Å². The number of aromatic nitrogens is 3. The first kappa shape index (κ1) is 27.6. The summed E-state index contributed by atoms with van der Waals surface area (Å²) >= 11 is 0. The molecular formula is C31H27F4N5O2. The van der Waals surface area contributed by atoms with Crippen molar-refractivity contribution in [3.05, 3.63) is 106 Å². The maximum atomic E-state index is 14.4. The van der Waals surface area contributed by atoms with Gasteiger partial charge in [0, 0.05) is 25.2 Å². The molecule has 3 heterocycles. The molecule has 3 aromatic carbocycles. The number of alkyl halides is 3. The summed E-state index contributed by atoms with van der Waals surface area (Å²) in [4.78, 5) is 31.3. The average molecular weight is 578 g/mol. The Kier molecular flexibility index (Phi) is 6.64. The van der Waals surface area contributed by atoms with Crippen molar-refractivity contribution < 1.29 is 22.4 Å². The fourth-order valence-corrected chi connectivity index (χ4v) is 5.75. The Morgan fingerprint density at radius 3 is 2.40 bits per heavy atom. The number of carbonyl (C=O) groups is 1. The van der Waals surface area contributed by atoms with Crippen LogP contribution >= 0.6 is 0 Å². The lowest BCUT2D eigenvalue weighted by atomic mass is 9.81. The average Bonchev–Trinajstić information content (AvgIpc) is 3.33. The van der Waals surface area contributed by atoms with E-state index in [-0.39, 0.29) is 5.69 Å². The smallest absolute Gasteiger partial charge is 0.338 e. The summed E-state index contributed by atoms with van der Waals surface area (Å²) in [5.74, 6) is -1.23. The van der Waals surface area contributed by atoms with E-state index in [4.69, 9.17) is 0 Å². The first-order valence-electron chi connectivity index (χ1n) is 13.5. The van der Waals surface area contributed by atoms with Gasteiger partial charge >= 0.3 is 6.18 Å². The molecule has 6 rings (SSSR count). The molecule has 0 saturated carbocycles. The van der Waals surface area contributed by atoms with Crippen LogP contribution in [0.4, 0.5) is 17.6 Å². The van der Waals surface area contributed by atoms with Crippen molar-refractivity contribution in [1.82, 2.24) is 24.8 Å². The van der Waals surface area contributed by atoms with Gasteiger partial charge in [-0.05, 0) is 40.5 Å². The Labute approximate surface area is 237 Å². The number of rotatable bonds is 6. The fraction of sp³-hybridized carbons (Fsp3) is 0.258. The molecule has 0 aliphatic carbocycles. The van der Waals surface area contributed by atoms with E-state index in [9.17, 15) is 27.2 Å². The van der Waals surface area contributed by atoms with Gasteiger partial charge in [0.15, 0.2) is 5.69 Å². The van der Waals surface area contributed by atoms with Crippen molar-refractivity contribution in [2.24, 2.45) is 5.92 Å². The standard InChI is InChI=1S/C31H27F4N5O2/c1-18(2)14-39-16-30(17-39,22-9-11-23(32)12-10-22)37-28(41)26-25(31(33,34)35)27-29(42)36-24(15-40(27)38-26)21-8-7-19-5-3-4-6-20(19)13-21/h3-13,15,18H,14,16-17H2,1-2H3,(H,36,42)(H,37,41). The van der Waals surface area contributed by atoms with Crippen molar-refractivity contribution in [2.75, 3.05) is 19.6 Å². The van der Waals surface area contributed by atoms with Gasteiger partial charge in [0.05, 0.1) is 17.4 Å². The van der Waals surface area contributed by atoms with Gasteiger partial charge in [-0.2, -0.15) is 18.3 Å². The molecule has 1 saturated heterocycles. The molecule has 1 fully saturated rings. The van der Waals surface area contributed by atoms with Gasteiger partial charge in [0.25, 0.3) is 11.5 Å². The predicted molar refractivity (Wildman–Crippen MR) is 151 cm³/mol. The molecule has 2 aromatic heterocycles. The van der Waals surface area contributed by atoms with Gasteiger partial charge in [0.2, 0.25) is 0 Å². The van der Waals surface area contributed by atoms with E-state index in [1.54, 1.807) is 12.1 Å². The molecule has 7 nitrogen and oxygen atoms in total. The number of H-pyrrole nitrogens is 1. The monoisotopic (exact) mass is 577 g/mol. The summed E-state index contributed by atoms with van der Waals surface area (Å²) in [5.41, 5.74) is -3.81. The van der Waals surface area contributed by atoms with Crippen molar-refractivity contribution >= 4 is 22.2 Å². The van der Waals surface area contributed by atoms with E-state index in [1.807, 2.05) is 44.2 Å². The van der Waals surface area contributed by atoms with Crippen LogP contribution in [0.15, 0.2) is 77.7 Å². The van der Waals surface area contributed by atoms with Crippen LogP contribution in [0.5, 0.6) is 0 Å². The third kappa shape index (κ3) is 4.94. The van der Waals surface area contributed by atoms with Gasteiger partial charge in [-0.3, -0.25) is 14.5 Å². The molecule has 216 valence electrons. The molecule has 1 aliphatic heterocycles. The number of aromatic amines is 1. The highest BCUT2D eigenvalue weighted by molar-refractivity contribution is 5.97. The maximum absolute atomic E-state index is 14.4.